The molecule has 1 unspecified atom stereocenters. The highest BCUT2D eigenvalue weighted by molar-refractivity contribution is 6.01. The third-order valence-corrected chi connectivity index (χ3v) is 5.65. The van der Waals surface area contributed by atoms with Gasteiger partial charge in [0.05, 0.1) is 24.5 Å². The van der Waals surface area contributed by atoms with Crippen LogP contribution in [0.3, 0.4) is 0 Å². The number of hydrogen-bond donors (Lipinski definition) is 1. The molecule has 1 fully saturated rings. The van der Waals surface area contributed by atoms with Crippen LogP contribution in [-0.4, -0.2) is 39.7 Å². The fourth-order valence-corrected chi connectivity index (χ4v) is 3.69. The number of halogens is 2. The van der Waals surface area contributed by atoms with E-state index in [0.717, 1.165) is 12.8 Å². The molecule has 2 aromatic rings. The molecule has 9 heteroatoms. The Kier molecular flexibility index (Phi) is 5.84. The number of ether oxygens (including phenoxy) is 1. The molecule has 164 valence electrons. The van der Waals surface area contributed by atoms with Crippen molar-refractivity contribution in [2.24, 2.45) is 5.92 Å². The lowest BCUT2D eigenvalue weighted by Crippen LogP contribution is -2.28. The minimum atomic E-state index is -2.56. The Bertz CT molecular complexity index is 1010. The summed E-state index contributed by atoms with van der Waals surface area (Å²) in [6.45, 7) is 3.20. The number of nitrogens with zero attached hydrogens (tertiary/aromatic N) is 3. The van der Waals surface area contributed by atoms with Crippen molar-refractivity contribution in [3.63, 3.8) is 0 Å². The average molecular weight is 430 g/mol. The van der Waals surface area contributed by atoms with Gasteiger partial charge in [0.25, 0.3) is 12.3 Å². The maximum atomic E-state index is 13.0. The van der Waals surface area contributed by atoms with E-state index in [4.69, 9.17) is 4.74 Å². The number of pyridine rings is 2. The summed E-state index contributed by atoms with van der Waals surface area (Å²) in [5.41, 5.74) is 2.49. The first-order valence-corrected chi connectivity index (χ1v) is 10.3. The summed E-state index contributed by atoms with van der Waals surface area (Å²) < 4.78 is 29.9. The van der Waals surface area contributed by atoms with E-state index in [9.17, 15) is 18.4 Å². The summed E-state index contributed by atoms with van der Waals surface area (Å²) in [5, 5.41) is 2.85. The first-order chi connectivity index (χ1) is 14.8. The molecular weight excluding hydrogens is 406 g/mol. The van der Waals surface area contributed by atoms with Crippen LogP contribution in [0.15, 0.2) is 24.5 Å². The molecule has 1 atom stereocenters. The van der Waals surface area contributed by atoms with Gasteiger partial charge in [-0.15, -0.1) is 0 Å². The number of carbonyl (C=O) groups is 2. The van der Waals surface area contributed by atoms with Crippen molar-refractivity contribution in [3.05, 3.63) is 46.9 Å². The molecular formula is C22H24F2N4O3. The Morgan fingerprint density at radius 2 is 2.13 bits per heavy atom. The molecule has 0 radical (unpaired) electrons. The van der Waals surface area contributed by atoms with E-state index in [1.807, 2.05) is 6.92 Å². The molecule has 1 saturated carbocycles. The van der Waals surface area contributed by atoms with Gasteiger partial charge in [-0.3, -0.25) is 14.6 Å². The zero-order chi connectivity index (χ0) is 22.1. The average Bonchev–Trinajstić information content (AvgIpc) is 3.47. The van der Waals surface area contributed by atoms with Gasteiger partial charge in [0.2, 0.25) is 5.91 Å². The number of aryl methyl sites for hydroxylation is 1. The zero-order valence-electron chi connectivity index (χ0n) is 17.4. The molecule has 0 spiro atoms. The number of rotatable bonds is 8. The minimum absolute atomic E-state index is 0.0842. The summed E-state index contributed by atoms with van der Waals surface area (Å²) in [6.07, 6.45) is 3.00. The Labute approximate surface area is 178 Å². The van der Waals surface area contributed by atoms with Crippen LogP contribution < -0.4 is 10.1 Å². The molecule has 0 aromatic carbocycles. The van der Waals surface area contributed by atoms with Crippen molar-refractivity contribution >= 4 is 17.6 Å². The van der Waals surface area contributed by atoms with E-state index in [2.05, 4.69) is 15.3 Å². The number of alkyl halides is 2. The quantitative estimate of drug-likeness (QED) is 0.687. The Morgan fingerprint density at radius 3 is 2.81 bits per heavy atom. The molecule has 31 heavy (non-hydrogen) atoms. The van der Waals surface area contributed by atoms with E-state index in [0.29, 0.717) is 47.1 Å². The SMILES string of the molecule is Cc1cc(C(C)N2Cc3c(ccnc3NC(=O)CC3CC3)C2=O)ncc1OCC(F)F. The van der Waals surface area contributed by atoms with E-state index < -0.39 is 13.0 Å². The largest absolute Gasteiger partial charge is 0.486 e. The second-order valence-corrected chi connectivity index (χ2v) is 8.07. The van der Waals surface area contributed by atoms with Crippen molar-refractivity contribution in [2.75, 3.05) is 11.9 Å². The molecule has 1 aliphatic heterocycles. The molecule has 1 aliphatic carbocycles. The van der Waals surface area contributed by atoms with Crippen molar-refractivity contribution in [3.8, 4) is 5.75 Å². The molecule has 0 saturated heterocycles. The maximum absolute atomic E-state index is 13.0. The van der Waals surface area contributed by atoms with Gasteiger partial charge in [-0.25, -0.2) is 13.8 Å². The van der Waals surface area contributed by atoms with Crippen LogP contribution in [0, 0.1) is 12.8 Å². The van der Waals surface area contributed by atoms with Gasteiger partial charge in [0, 0.05) is 23.7 Å². The van der Waals surface area contributed by atoms with Gasteiger partial charge in [0.15, 0.2) is 0 Å². The molecule has 2 aliphatic rings. The Hall–Kier alpha value is -3.10. The maximum Gasteiger partial charge on any atom is 0.272 e. The van der Waals surface area contributed by atoms with Crippen molar-refractivity contribution in [1.29, 1.82) is 0 Å². The van der Waals surface area contributed by atoms with Crippen LogP contribution in [0.5, 0.6) is 5.75 Å². The minimum Gasteiger partial charge on any atom is -0.486 e. The fraction of sp³-hybridized carbons (Fsp3) is 0.455. The first kappa shape index (κ1) is 21.1. The third-order valence-electron chi connectivity index (χ3n) is 5.65. The second-order valence-electron chi connectivity index (χ2n) is 8.07. The summed E-state index contributed by atoms with van der Waals surface area (Å²) in [5.74, 6) is 0.916. The highest BCUT2D eigenvalue weighted by Crippen LogP contribution is 2.35. The van der Waals surface area contributed by atoms with Crippen LogP contribution >= 0.6 is 0 Å². The van der Waals surface area contributed by atoms with Crippen LogP contribution in [-0.2, 0) is 11.3 Å². The van der Waals surface area contributed by atoms with Crippen molar-refractivity contribution in [2.45, 2.75) is 52.1 Å². The van der Waals surface area contributed by atoms with Gasteiger partial charge in [-0.05, 0) is 50.3 Å². The van der Waals surface area contributed by atoms with Crippen molar-refractivity contribution < 1.29 is 23.1 Å². The Morgan fingerprint density at radius 1 is 1.35 bits per heavy atom. The van der Waals surface area contributed by atoms with E-state index in [-0.39, 0.29) is 23.6 Å². The van der Waals surface area contributed by atoms with E-state index in [1.54, 1.807) is 24.0 Å². The van der Waals surface area contributed by atoms with Gasteiger partial charge < -0.3 is 15.0 Å². The number of carbonyl (C=O) groups excluding carboxylic acids is 2. The van der Waals surface area contributed by atoms with Crippen LogP contribution in [0.25, 0.3) is 0 Å². The monoisotopic (exact) mass is 430 g/mol. The molecule has 4 rings (SSSR count). The highest BCUT2D eigenvalue weighted by Gasteiger charge is 2.35. The lowest BCUT2D eigenvalue weighted by Gasteiger charge is -2.24. The van der Waals surface area contributed by atoms with Crippen LogP contribution in [0.4, 0.5) is 14.6 Å². The molecule has 2 amide bonds. The summed E-state index contributed by atoms with van der Waals surface area (Å²) in [7, 11) is 0. The number of nitrogens with one attached hydrogen (secondary N) is 1. The van der Waals surface area contributed by atoms with Crippen molar-refractivity contribution in [1.82, 2.24) is 14.9 Å². The van der Waals surface area contributed by atoms with Crippen LogP contribution in [0.2, 0.25) is 0 Å². The van der Waals surface area contributed by atoms with Gasteiger partial charge in [-0.2, -0.15) is 0 Å². The van der Waals surface area contributed by atoms with Gasteiger partial charge in [0.1, 0.15) is 18.2 Å². The lowest BCUT2D eigenvalue weighted by atomic mass is 10.1. The third kappa shape index (κ3) is 4.65. The number of fused-ring (bicyclic) bond motifs is 1. The normalized spacial score (nSPS) is 16.4. The highest BCUT2D eigenvalue weighted by atomic mass is 19.3. The molecule has 1 N–H and O–H groups in total. The number of aromatic nitrogens is 2. The van der Waals surface area contributed by atoms with Gasteiger partial charge in [-0.1, -0.05) is 0 Å². The molecule has 0 bridgehead atoms. The summed E-state index contributed by atoms with van der Waals surface area (Å²) in [6, 6.07) is 3.02. The number of hydrogen-bond acceptors (Lipinski definition) is 5. The first-order valence-electron chi connectivity index (χ1n) is 10.3. The molecule has 3 heterocycles. The predicted molar refractivity (Wildman–Crippen MR) is 109 cm³/mol. The number of anilines is 1. The standard InChI is InChI=1S/C22H24F2N4O3/c1-12-7-17(26-9-18(12)31-11-19(23)24)13(2)28-10-16-15(22(28)30)5-6-25-21(16)27-20(29)8-14-3-4-14/h5-7,9,13-14,19H,3-4,8,10-11H2,1-2H3,(H,25,27,29). The number of amides is 2. The summed E-state index contributed by atoms with van der Waals surface area (Å²) in [4.78, 5) is 35.5. The van der Waals surface area contributed by atoms with E-state index >= 15 is 0 Å². The van der Waals surface area contributed by atoms with E-state index in [1.165, 1.54) is 12.4 Å². The second kappa shape index (κ2) is 8.56. The fourth-order valence-electron chi connectivity index (χ4n) is 3.69. The molecule has 2 aromatic heterocycles. The lowest BCUT2D eigenvalue weighted by molar-refractivity contribution is -0.116. The zero-order valence-corrected chi connectivity index (χ0v) is 17.4. The molecule has 7 nitrogen and oxygen atoms in total. The van der Waals surface area contributed by atoms with Crippen LogP contribution in [0.1, 0.15) is 59.4 Å². The topological polar surface area (TPSA) is 84.4 Å². The smallest absolute Gasteiger partial charge is 0.272 e. The van der Waals surface area contributed by atoms with Gasteiger partial charge >= 0.3 is 0 Å². The summed E-state index contributed by atoms with van der Waals surface area (Å²) >= 11 is 0. The Balaban J connectivity index is 1.49. The predicted octanol–water partition coefficient (Wildman–Crippen LogP) is 3.88.